The van der Waals surface area contributed by atoms with E-state index in [0.29, 0.717) is 43.3 Å². The van der Waals surface area contributed by atoms with Crippen molar-refractivity contribution in [2.75, 3.05) is 26.3 Å². The van der Waals surface area contributed by atoms with Crippen molar-refractivity contribution < 1.29 is 17.9 Å². The summed E-state index contributed by atoms with van der Waals surface area (Å²) in [4.78, 5) is 19.1. The predicted molar refractivity (Wildman–Crippen MR) is 118 cm³/mol. The van der Waals surface area contributed by atoms with Crippen LogP contribution >= 0.6 is 0 Å². The topological polar surface area (TPSA) is 103 Å². The smallest absolute Gasteiger partial charge is 0.238 e. The molecule has 2 N–H and O–H groups in total. The van der Waals surface area contributed by atoms with E-state index in [1.54, 1.807) is 23.1 Å². The van der Waals surface area contributed by atoms with Crippen LogP contribution in [0, 0.1) is 0 Å². The third-order valence-electron chi connectivity index (χ3n) is 5.18. The molecule has 2 aromatic carbocycles. The van der Waals surface area contributed by atoms with Crippen LogP contribution in [0.2, 0.25) is 0 Å². The standard InChI is InChI=1S/C23H23N3O4S/c24-31(28,29)19-9-10-20(17-5-2-1-3-6-17)21(16-19)22-8-4-7-18(25-22)15-23(27)26-11-13-30-14-12-26/h1-10,16H,11-15H2,(H2,24,28,29). The fourth-order valence-corrected chi connectivity index (χ4v) is 4.13. The van der Waals surface area contributed by atoms with E-state index in [0.717, 1.165) is 11.1 Å². The van der Waals surface area contributed by atoms with Gasteiger partial charge in [-0.1, -0.05) is 42.5 Å². The van der Waals surface area contributed by atoms with E-state index in [1.807, 2.05) is 36.4 Å². The van der Waals surface area contributed by atoms with Crippen molar-refractivity contribution in [2.24, 2.45) is 5.14 Å². The molecule has 8 heteroatoms. The summed E-state index contributed by atoms with van der Waals surface area (Å²) in [5, 5.41) is 5.36. The quantitative estimate of drug-likeness (QED) is 0.661. The van der Waals surface area contributed by atoms with Gasteiger partial charge in [0.2, 0.25) is 15.9 Å². The lowest BCUT2D eigenvalue weighted by atomic mass is 9.97. The molecule has 0 bridgehead atoms. The highest BCUT2D eigenvalue weighted by atomic mass is 32.2. The van der Waals surface area contributed by atoms with Crippen molar-refractivity contribution >= 4 is 15.9 Å². The average Bonchev–Trinajstić information content (AvgIpc) is 2.79. The molecule has 0 unspecified atom stereocenters. The second-order valence-electron chi connectivity index (χ2n) is 7.30. The number of carbonyl (C=O) groups excluding carboxylic acids is 1. The molecule has 0 radical (unpaired) electrons. The van der Waals surface area contributed by atoms with E-state index in [2.05, 4.69) is 4.98 Å². The van der Waals surface area contributed by atoms with Crippen molar-refractivity contribution in [3.05, 3.63) is 72.4 Å². The monoisotopic (exact) mass is 437 g/mol. The van der Waals surface area contributed by atoms with Crippen LogP contribution < -0.4 is 5.14 Å². The van der Waals surface area contributed by atoms with Gasteiger partial charge in [-0.05, 0) is 35.4 Å². The minimum Gasteiger partial charge on any atom is -0.378 e. The fraction of sp³-hybridized carbons (Fsp3) is 0.217. The minimum absolute atomic E-state index is 0.00507. The number of aromatic nitrogens is 1. The molecular formula is C23H23N3O4S. The number of benzene rings is 2. The molecule has 1 amide bonds. The molecule has 3 aromatic rings. The molecule has 4 rings (SSSR count). The highest BCUT2D eigenvalue weighted by Gasteiger charge is 2.19. The Morgan fingerprint density at radius 2 is 1.71 bits per heavy atom. The number of primary sulfonamides is 1. The van der Waals surface area contributed by atoms with Gasteiger partial charge in [-0.25, -0.2) is 13.6 Å². The Labute approximate surface area is 181 Å². The number of hydrogen-bond donors (Lipinski definition) is 1. The van der Waals surface area contributed by atoms with Gasteiger partial charge in [0.25, 0.3) is 0 Å². The molecule has 0 spiro atoms. The first-order valence-corrected chi connectivity index (χ1v) is 11.5. The van der Waals surface area contributed by atoms with Crippen LogP contribution in [0.4, 0.5) is 0 Å². The first-order chi connectivity index (χ1) is 14.9. The zero-order valence-electron chi connectivity index (χ0n) is 16.9. The Morgan fingerprint density at radius 1 is 0.968 bits per heavy atom. The highest BCUT2D eigenvalue weighted by Crippen LogP contribution is 2.33. The second-order valence-corrected chi connectivity index (χ2v) is 8.86. The Balaban J connectivity index is 1.72. The number of sulfonamides is 1. The number of rotatable bonds is 5. The molecule has 1 aromatic heterocycles. The maximum atomic E-state index is 12.6. The van der Waals surface area contributed by atoms with Crippen LogP contribution in [-0.4, -0.2) is 50.5 Å². The SMILES string of the molecule is NS(=O)(=O)c1ccc(-c2ccccc2)c(-c2cccc(CC(=O)N3CCOCC3)n2)c1. The van der Waals surface area contributed by atoms with Gasteiger partial charge in [0.1, 0.15) is 0 Å². The summed E-state index contributed by atoms with van der Waals surface area (Å²) in [5.74, 6) is -0.00507. The molecule has 31 heavy (non-hydrogen) atoms. The molecule has 0 saturated carbocycles. The average molecular weight is 438 g/mol. The highest BCUT2D eigenvalue weighted by molar-refractivity contribution is 7.89. The maximum absolute atomic E-state index is 12.6. The zero-order chi connectivity index (χ0) is 21.8. The molecule has 2 heterocycles. The Kier molecular flexibility index (Phi) is 6.13. The van der Waals surface area contributed by atoms with E-state index >= 15 is 0 Å². The first-order valence-electron chi connectivity index (χ1n) is 9.96. The fourth-order valence-electron chi connectivity index (χ4n) is 3.59. The van der Waals surface area contributed by atoms with Crippen LogP contribution in [0.15, 0.2) is 71.6 Å². The molecule has 7 nitrogen and oxygen atoms in total. The molecule has 1 aliphatic rings. The molecule has 0 aliphatic carbocycles. The number of nitrogens with zero attached hydrogens (tertiary/aromatic N) is 2. The number of ether oxygens (including phenoxy) is 1. The van der Waals surface area contributed by atoms with Crippen molar-refractivity contribution in [2.45, 2.75) is 11.3 Å². The Bertz CT molecular complexity index is 1190. The second kappa shape index (κ2) is 8.97. The van der Waals surface area contributed by atoms with Crippen LogP contribution in [0.5, 0.6) is 0 Å². The van der Waals surface area contributed by atoms with Gasteiger partial charge in [0.15, 0.2) is 0 Å². The third kappa shape index (κ3) is 4.99. The lowest BCUT2D eigenvalue weighted by Gasteiger charge is -2.26. The summed E-state index contributed by atoms with van der Waals surface area (Å²) in [7, 11) is -3.88. The Morgan fingerprint density at radius 3 is 2.42 bits per heavy atom. The van der Waals surface area contributed by atoms with Crippen LogP contribution in [0.3, 0.4) is 0 Å². The van der Waals surface area contributed by atoms with Crippen molar-refractivity contribution in [3.63, 3.8) is 0 Å². The lowest BCUT2D eigenvalue weighted by molar-refractivity contribution is -0.134. The van der Waals surface area contributed by atoms with E-state index in [-0.39, 0.29) is 17.2 Å². The number of carbonyl (C=O) groups is 1. The van der Waals surface area contributed by atoms with E-state index in [1.165, 1.54) is 12.1 Å². The van der Waals surface area contributed by atoms with Crippen LogP contribution in [0.1, 0.15) is 5.69 Å². The van der Waals surface area contributed by atoms with Gasteiger partial charge >= 0.3 is 0 Å². The van der Waals surface area contributed by atoms with Crippen LogP contribution in [-0.2, 0) is 26.0 Å². The summed E-state index contributed by atoms with van der Waals surface area (Å²) >= 11 is 0. The predicted octanol–water partition coefficient (Wildman–Crippen LogP) is 2.46. The molecule has 1 fully saturated rings. The van der Waals surface area contributed by atoms with Gasteiger partial charge in [-0.3, -0.25) is 9.78 Å². The van der Waals surface area contributed by atoms with Crippen molar-refractivity contribution in [3.8, 4) is 22.4 Å². The maximum Gasteiger partial charge on any atom is 0.238 e. The largest absolute Gasteiger partial charge is 0.378 e. The van der Waals surface area contributed by atoms with Crippen molar-refractivity contribution in [1.82, 2.24) is 9.88 Å². The number of morpholine rings is 1. The van der Waals surface area contributed by atoms with Gasteiger partial charge in [-0.2, -0.15) is 0 Å². The summed E-state index contributed by atoms with van der Waals surface area (Å²) in [6.45, 7) is 2.24. The summed E-state index contributed by atoms with van der Waals surface area (Å²) < 4.78 is 29.2. The Hall–Kier alpha value is -3.07. The molecular weight excluding hydrogens is 414 g/mol. The summed E-state index contributed by atoms with van der Waals surface area (Å²) in [5.41, 5.74) is 3.59. The van der Waals surface area contributed by atoms with E-state index < -0.39 is 10.0 Å². The minimum atomic E-state index is -3.88. The van der Waals surface area contributed by atoms with Gasteiger partial charge < -0.3 is 9.64 Å². The number of hydrogen-bond acceptors (Lipinski definition) is 5. The molecule has 1 saturated heterocycles. The van der Waals surface area contributed by atoms with Gasteiger partial charge in [0, 0.05) is 18.7 Å². The number of pyridine rings is 1. The van der Waals surface area contributed by atoms with Crippen LogP contribution in [0.25, 0.3) is 22.4 Å². The molecule has 1 aliphatic heterocycles. The third-order valence-corrected chi connectivity index (χ3v) is 6.09. The molecule has 0 atom stereocenters. The van der Waals surface area contributed by atoms with Gasteiger partial charge in [-0.15, -0.1) is 0 Å². The normalized spacial score (nSPS) is 14.4. The number of nitrogens with two attached hydrogens (primary N) is 1. The summed E-state index contributed by atoms with van der Waals surface area (Å²) in [6.07, 6.45) is 0.170. The van der Waals surface area contributed by atoms with Gasteiger partial charge in [0.05, 0.1) is 35.9 Å². The lowest BCUT2D eigenvalue weighted by Crippen LogP contribution is -2.41. The van der Waals surface area contributed by atoms with Crippen molar-refractivity contribution in [1.29, 1.82) is 0 Å². The van der Waals surface area contributed by atoms with E-state index in [4.69, 9.17) is 9.88 Å². The van der Waals surface area contributed by atoms with E-state index in [9.17, 15) is 13.2 Å². The summed E-state index contributed by atoms with van der Waals surface area (Å²) in [6, 6.07) is 19.8. The first kappa shape index (κ1) is 21.2. The molecule has 160 valence electrons. The zero-order valence-corrected chi connectivity index (χ0v) is 17.7. The number of amides is 1.